The van der Waals surface area contributed by atoms with Gasteiger partial charge in [0.25, 0.3) is 0 Å². The zero-order chi connectivity index (χ0) is 26.4. The van der Waals surface area contributed by atoms with Crippen molar-refractivity contribution in [1.29, 1.82) is 0 Å². The number of nitrogens with one attached hydrogen (secondary N) is 3. The van der Waals surface area contributed by atoms with Crippen LogP contribution in [0.25, 0.3) is 0 Å². The van der Waals surface area contributed by atoms with Crippen LogP contribution in [0.2, 0.25) is 0 Å². The monoisotopic (exact) mass is 540 g/mol. The van der Waals surface area contributed by atoms with Crippen molar-refractivity contribution < 1.29 is 19.1 Å². The largest absolute Gasteiger partial charge is 0.358 e. The maximum Gasteiger partial charge on any atom is 0.247 e. The number of fused-ring (bicyclic) bond motifs is 1. The first kappa shape index (κ1) is 29.4. The summed E-state index contributed by atoms with van der Waals surface area (Å²) < 4.78 is 6.05. The predicted octanol–water partition coefficient (Wildman–Crippen LogP) is 2.95. The molecule has 204 valence electrons. The van der Waals surface area contributed by atoms with E-state index in [1.165, 1.54) is 0 Å². The van der Waals surface area contributed by atoms with Gasteiger partial charge in [0.05, 0.1) is 24.1 Å². The summed E-state index contributed by atoms with van der Waals surface area (Å²) >= 11 is 0. The molecule has 0 aromatic heterocycles. The SMILES string of the molecule is C=CCC1(C(=O)NC(c2ccccc2)c2ccccc2)CC2OCC[C@H](NC(=O)C(C)NC)C(=O)N2C1.Cl. The van der Waals surface area contributed by atoms with Crippen LogP contribution in [0.5, 0.6) is 0 Å². The minimum atomic E-state index is -0.895. The molecule has 9 heteroatoms. The molecule has 0 radical (unpaired) electrons. The quantitative estimate of drug-likeness (QED) is 0.425. The highest BCUT2D eigenvalue weighted by Gasteiger charge is 2.53. The molecule has 2 aliphatic heterocycles. The number of carbonyl (C=O) groups is 3. The highest BCUT2D eigenvalue weighted by molar-refractivity contribution is 5.91. The lowest BCUT2D eigenvalue weighted by Gasteiger charge is -2.30. The first-order valence-corrected chi connectivity index (χ1v) is 12.8. The number of benzene rings is 2. The van der Waals surface area contributed by atoms with Crippen molar-refractivity contribution in [2.24, 2.45) is 5.41 Å². The minimum Gasteiger partial charge on any atom is -0.358 e. The Hall–Kier alpha value is -3.20. The number of hydrogen-bond acceptors (Lipinski definition) is 5. The van der Waals surface area contributed by atoms with Crippen molar-refractivity contribution in [3.8, 4) is 0 Å². The Kier molecular flexibility index (Phi) is 10.1. The average molecular weight is 541 g/mol. The molecule has 38 heavy (non-hydrogen) atoms. The van der Waals surface area contributed by atoms with Crippen LogP contribution < -0.4 is 16.0 Å². The number of hydrogen-bond donors (Lipinski definition) is 3. The molecular formula is C29H37ClN4O4. The molecule has 0 saturated carbocycles. The van der Waals surface area contributed by atoms with Gasteiger partial charge in [-0.15, -0.1) is 19.0 Å². The lowest BCUT2D eigenvalue weighted by molar-refractivity contribution is -0.141. The average Bonchev–Trinajstić information content (AvgIpc) is 3.24. The van der Waals surface area contributed by atoms with Gasteiger partial charge in [0.1, 0.15) is 12.3 Å². The molecule has 2 saturated heterocycles. The molecule has 3 unspecified atom stereocenters. The normalized spacial score (nSPS) is 23.6. The lowest BCUT2D eigenvalue weighted by Crippen LogP contribution is -2.53. The fraction of sp³-hybridized carbons (Fsp3) is 0.414. The molecule has 2 aromatic carbocycles. The standard InChI is InChI=1S/C29H36N4O4.ClH/c1-4-16-29(28(36)32-25(21-11-7-5-8-12-21)22-13-9-6-10-14-22)18-24-33(19-29)27(35)23(15-17-37-24)31-26(34)20(2)30-3;/h4-14,20,23-25,30H,1,15-19H2,2-3H3,(H,31,34)(H,32,36);1H/t20?,23-,24?,29?;/m0./s1. The predicted molar refractivity (Wildman–Crippen MR) is 149 cm³/mol. The topological polar surface area (TPSA) is 99.8 Å². The number of likely N-dealkylation sites (N-methyl/N-ethyl adjacent to an activating group) is 1. The molecule has 4 rings (SSSR count). The van der Waals surface area contributed by atoms with Gasteiger partial charge in [0.15, 0.2) is 0 Å². The van der Waals surface area contributed by atoms with Crippen LogP contribution in [0.15, 0.2) is 73.3 Å². The zero-order valence-electron chi connectivity index (χ0n) is 21.9. The molecule has 2 aromatic rings. The molecule has 2 fully saturated rings. The van der Waals surface area contributed by atoms with E-state index in [0.717, 1.165) is 11.1 Å². The second kappa shape index (κ2) is 13.0. The summed E-state index contributed by atoms with van der Waals surface area (Å²) in [6.45, 7) is 6.14. The third kappa shape index (κ3) is 6.26. The Morgan fingerprint density at radius 3 is 2.29 bits per heavy atom. The number of amides is 3. The zero-order valence-corrected chi connectivity index (χ0v) is 22.7. The summed E-state index contributed by atoms with van der Waals surface area (Å²) in [4.78, 5) is 41.6. The van der Waals surface area contributed by atoms with Gasteiger partial charge >= 0.3 is 0 Å². The van der Waals surface area contributed by atoms with Gasteiger partial charge in [0, 0.05) is 19.4 Å². The van der Waals surface area contributed by atoms with E-state index in [9.17, 15) is 14.4 Å². The fourth-order valence-electron chi connectivity index (χ4n) is 5.13. The smallest absolute Gasteiger partial charge is 0.247 e. The van der Waals surface area contributed by atoms with Crippen LogP contribution in [0.3, 0.4) is 0 Å². The Balaban J connectivity index is 0.00000400. The molecule has 4 atom stereocenters. The van der Waals surface area contributed by atoms with Gasteiger partial charge < -0.3 is 25.6 Å². The number of ether oxygens (including phenoxy) is 1. The van der Waals surface area contributed by atoms with Crippen molar-refractivity contribution in [3.05, 3.63) is 84.4 Å². The highest BCUT2D eigenvalue weighted by Crippen LogP contribution is 2.41. The maximum absolute atomic E-state index is 14.0. The molecular weight excluding hydrogens is 504 g/mol. The summed E-state index contributed by atoms with van der Waals surface area (Å²) in [7, 11) is 1.69. The highest BCUT2D eigenvalue weighted by atomic mass is 35.5. The summed E-state index contributed by atoms with van der Waals surface area (Å²) in [6, 6.07) is 18.2. The number of carbonyl (C=O) groups excluding carboxylic acids is 3. The van der Waals surface area contributed by atoms with Crippen molar-refractivity contribution in [2.45, 2.75) is 50.5 Å². The third-order valence-corrected chi connectivity index (χ3v) is 7.38. The van der Waals surface area contributed by atoms with Crippen LogP contribution in [-0.4, -0.2) is 61.1 Å². The van der Waals surface area contributed by atoms with E-state index in [-0.39, 0.29) is 42.7 Å². The van der Waals surface area contributed by atoms with Crippen LogP contribution in [0, 0.1) is 5.41 Å². The summed E-state index contributed by atoms with van der Waals surface area (Å²) in [6.07, 6.45) is 2.34. The van der Waals surface area contributed by atoms with Gasteiger partial charge in [-0.2, -0.15) is 0 Å². The summed E-state index contributed by atoms with van der Waals surface area (Å²) in [5, 5.41) is 9.00. The van der Waals surface area contributed by atoms with Gasteiger partial charge in [0.2, 0.25) is 17.7 Å². The van der Waals surface area contributed by atoms with Gasteiger partial charge in [-0.05, 0) is 31.5 Å². The fourth-order valence-corrected chi connectivity index (χ4v) is 5.13. The van der Waals surface area contributed by atoms with Crippen LogP contribution >= 0.6 is 12.4 Å². The van der Waals surface area contributed by atoms with Gasteiger partial charge in [-0.1, -0.05) is 66.7 Å². The van der Waals surface area contributed by atoms with E-state index in [4.69, 9.17) is 4.74 Å². The molecule has 0 aliphatic carbocycles. The van der Waals surface area contributed by atoms with Gasteiger partial charge in [-0.3, -0.25) is 14.4 Å². The molecule has 0 spiro atoms. The Bertz CT molecular complexity index is 1080. The van der Waals surface area contributed by atoms with Crippen LogP contribution in [0.4, 0.5) is 0 Å². The van der Waals surface area contributed by atoms with Crippen molar-refractivity contribution in [2.75, 3.05) is 20.2 Å². The van der Waals surface area contributed by atoms with E-state index >= 15 is 0 Å². The molecule has 0 bridgehead atoms. The number of rotatable bonds is 9. The lowest BCUT2D eigenvalue weighted by atomic mass is 9.81. The van der Waals surface area contributed by atoms with E-state index in [1.807, 2.05) is 60.7 Å². The second-order valence-electron chi connectivity index (χ2n) is 9.86. The van der Waals surface area contributed by atoms with E-state index in [0.29, 0.717) is 25.9 Å². The molecule has 8 nitrogen and oxygen atoms in total. The molecule has 3 amide bonds. The molecule has 2 heterocycles. The first-order chi connectivity index (χ1) is 17.9. The van der Waals surface area contributed by atoms with Crippen LogP contribution in [-0.2, 0) is 19.1 Å². The van der Waals surface area contributed by atoms with Gasteiger partial charge in [-0.25, -0.2) is 0 Å². The number of nitrogens with zero attached hydrogens (tertiary/aromatic N) is 1. The number of halogens is 1. The maximum atomic E-state index is 14.0. The second-order valence-corrected chi connectivity index (χ2v) is 9.86. The van der Waals surface area contributed by atoms with E-state index in [1.54, 1.807) is 24.9 Å². The number of allylic oxidation sites excluding steroid dienone is 1. The minimum absolute atomic E-state index is 0. The van der Waals surface area contributed by atoms with E-state index < -0.39 is 23.7 Å². The Labute approximate surface area is 230 Å². The Morgan fingerprint density at radius 1 is 1.13 bits per heavy atom. The molecule has 3 N–H and O–H groups in total. The van der Waals surface area contributed by atoms with Crippen molar-refractivity contribution in [1.82, 2.24) is 20.9 Å². The van der Waals surface area contributed by atoms with Crippen molar-refractivity contribution >= 4 is 30.1 Å². The first-order valence-electron chi connectivity index (χ1n) is 12.8. The third-order valence-electron chi connectivity index (χ3n) is 7.38. The Morgan fingerprint density at radius 2 is 1.74 bits per heavy atom. The summed E-state index contributed by atoms with van der Waals surface area (Å²) in [5.74, 6) is -0.623. The van der Waals surface area contributed by atoms with Crippen LogP contribution in [0.1, 0.15) is 43.4 Å². The molecule has 2 aliphatic rings. The van der Waals surface area contributed by atoms with E-state index in [2.05, 4.69) is 22.5 Å². The summed E-state index contributed by atoms with van der Waals surface area (Å²) in [5.41, 5.74) is 1.04. The van der Waals surface area contributed by atoms with Crippen molar-refractivity contribution in [3.63, 3.8) is 0 Å².